The van der Waals surface area contributed by atoms with Crippen molar-refractivity contribution >= 4 is 17.6 Å². The van der Waals surface area contributed by atoms with Gasteiger partial charge >= 0.3 is 11.9 Å². The van der Waals surface area contributed by atoms with Crippen LogP contribution in [0.15, 0.2) is 18.3 Å². The van der Waals surface area contributed by atoms with Gasteiger partial charge in [-0.2, -0.15) is 0 Å². The summed E-state index contributed by atoms with van der Waals surface area (Å²) in [5.41, 5.74) is 1.03. The van der Waals surface area contributed by atoms with Crippen LogP contribution >= 0.6 is 0 Å². The number of pyridine rings is 1. The molecule has 1 fully saturated rings. The molecular weight excluding hydrogens is 272 g/mol. The van der Waals surface area contributed by atoms with Crippen molar-refractivity contribution in [1.29, 1.82) is 0 Å². The average Bonchev–Trinajstić information content (AvgIpc) is 2.54. The van der Waals surface area contributed by atoms with E-state index in [1.54, 1.807) is 25.3 Å². The van der Waals surface area contributed by atoms with Crippen LogP contribution in [0.4, 0.5) is 5.69 Å². The Morgan fingerprint density at radius 1 is 1.43 bits per heavy atom. The second-order valence-corrected chi connectivity index (χ2v) is 4.85. The van der Waals surface area contributed by atoms with Gasteiger partial charge in [-0.05, 0) is 38.3 Å². The molecule has 1 aliphatic heterocycles. The van der Waals surface area contributed by atoms with Crippen LogP contribution in [-0.2, 0) is 14.3 Å². The first-order chi connectivity index (χ1) is 10.2. The van der Waals surface area contributed by atoms with Crippen LogP contribution in [0.5, 0.6) is 0 Å². The van der Waals surface area contributed by atoms with Crippen LogP contribution in [0.25, 0.3) is 0 Å². The fourth-order valence-electron chi connectivity index (χ4n) is 2.54. The monoisotopic (exact) mass is 292 g/mol. The molecule has 0 aromatic carbocycles. The lowest BCUT2D eigenvalue weighted by Gasteiger charge is -2.35. The standard InChI is InChI=1S/C15H20N2O4/c1-3-21-15(19)13-6-4-5-9-17(13)11-7-8-16-12(10-11)14(18)20-2/h7-8,10,13H,3-6,9H2,1-2H3. The molecule has 0 aliphatic carbocycles. The fourth-order valence-corrected chi connectivity index (χ4v) is 2.54. The maximum Gasteiger partial charge on any atom is 0.356 e. The van der Waals surface area contributed by atoms with Gasteiger partial charge in [0.15, 0.2) is 0 Å². The van der Waals surface area contributed by atoms with Gasteiger partial charge in [0.05, 0.1) is 13.7 Å². The predicted octanol–water partition coefficient (Wildman–Crippen LogP) is 1.79. The van der Waals surface area contributed by atoms with E-state index in [9.17, 15) is 9.59 Å². The van der Waals surface area contributed by atoms with E-state index in [4.69, 9.17) is 4.74 Å². The molecule has 1 saturated heterocycles. The Labute approximate surface area is 124 Å². The summed E-state index contributed by atoms with van der Waals surface area (Å²) in [5.74, 6) is -0.699. The van der Waals surface area contributed by atoms with Crippen molar-refractivity contribution in [3.63, 3.8) is 0 Å². The molecule has 0 spiro atoms. The van der Waals surface area contributed by atoms with Crippen LogP contribution in [-0.4, -0.2) is 43.2 Å². The molecule has 6 nitrogen and oxygen atoms in total. The fraction of sp³-hybridized carbons (Fsp3) is 0.533. The van der Waals surface area contributed by atoms with Crippen molar-refractivity contribution in [2.24, 2.45) is 0 Å². The minimum Gasteiger partial charge on any atom is -0.464 e. The summed E-state index contributed by atoms with van der Waals surface area (Å²) in [6, 6.07) is 3.15. The first-order valence-electron chi connectivity index (χ1n) is 7.15. The number of hydrogen-bond donors (Lipinski definition) is 0. The molecular formula is C15H20N2O4. The van der Waals surface area contributed by atoms with Crippen molar-refractivity contribution in [3.05, 3.63) is 24.0 Å². The maximum atomic E-state index is 12.1. The minimum atomic E-state index is -0.485. The molecule has 0 radical (unpaired) electrons. The number of anilines is 1. The number of carbonyl (C=O) groups excluding carboxylic acids is 2. The molecule has 0 saturated carbocycles. The zero-order valence-electron chi connectivity index (χ0n) is 12.4. The molecule has 2 rings (SSSR count). The molecule has 1 unspecified atom stereocenters. The number of rotatable bonds is 4. The van der Waals surface area contributed by atoms with E-state index in [0.717, 1.165) is 31.5 Å². The van der Waals surface area contributed by atoms with Crippen molar-refractivity contribution in [3.8, 4) is 0 Å². The summed E-state index contributed by atoms with van der Waals surface area (Å²) < 4.78 is 9.82. The molecule has 1 aromatic rings. The van der Waals surface area contributed by atoms with Crippen LogP contribution in [0, 0.1) is 0 Å². The Hall–Kier alpha value is -2.11. The topological polar surface area (TPSA) is 68.7 Å². The molecule has 6 heteroatoms. The van der Waals surface area contributed by atoms with Crippen LogP contribution in [0.1, 0.15) is 36.7 Å². The third-order valence-corrected chi connectivity index (χ3v) is 3.53. The number of ether oxygens (including phenoxy) is 2. The average molecular weight is 292 g/mol. The number of esters is 2. The lowest BCUT2D eigenvalue weighted by Crippen LogP contribution is -2.45. The Kier molecular flexibility index (Phi) is 5.14. The second kappa shape index (κ2) is 7.06. The largest absolute Gasteiger partial charge is 0.464 e. The molecule has 1 aromatic heterocycles. The van der Waals surface area contributed by atoms with Gasteiger partial charge < -0.3 is 14.4 Å². The summed E-state index contributed by atoms with van der Waals surface area (Å²) in [4.78, 5) is 29.6. The third kappa shape index (κ3) is 3.51. The van der Waals surface area contributed by atoms with Crippen molar-refractivity contribution in [2.45, 2.75) is 32.2 Å². The van der Waals surface area contributed by atoms with Crippen molar-refractivity contribution < 1.29 is 19.1 Å². The smallest absolute Gasteiger partial charge is 0.356 e. The highest BCUT2D eigenvalue weighted by molar-refractivity contribution is 5.88. The van der Waals surface area contributed by atoms with Gasteiger partial charge in [-0.25, -0.2) is 14.6 Å². The van der Waals surface area contributed by atoms with E-state index < -0.39 is 5.97 Å². The Bertz CT molecular complexity index is 518. The highest BCUT2D eigenvalue weighted by Crippen LogP contribution is 2.26. The highest BCUT2D eigenvalue weighted by Gasteiger charge is 2.30. The molecule has 21 heavy (non-hydrogen) atoms. The lowest BCUT2D eigenvalue weighted by atomic mass is 10.0. The lowest BCUT2D eigenvalue weighted by molar-refractivity contribution is -0.145. The first-order valence-corrected chi connectivity index (χ1v) is 7.15. The molecule has 2 heterocycles. The second-order valence-electron chi connectivity index (χ2n) is 4.85. The van der Waals surface area contributed by atoms with Crippen LogP contribution < -0.4 is 4.90 Å². The van der Waals surface area contributed by atoms with Gasteiger partial charge in [0.2, 0.25) is 0 Å². The molecule has 114 valence electrons. The number of piperidine rings is 1. The van der Waals surface area contributed by atoms with E-state index in [1.165, 1.54) is 7.11 Å². The number of methoxy groups -OCH3 is 1. The van der Waals surface area contributed by atoms with Gasteiger partial charge in [-0.3, -0.25) is 0 Å². The maximum absolute atomic E-state index is 12.1. The quantitative estimate of drug-likeness (QED) is 0.788. The van der Waals surface area contributed by atoms with Gasteiger partial charge in [0, 0.05) is 18.4 Å². The normalized spacial score (nSPS) is 18.2. The Morgan fingerprint density at radius 2 is 2.24 bits per heavy atom. The third-order valence-electron chi connectivity index (χ3n) is 3.53. The van der Waals surface area contributed by atoms with Crippen molar-refractivity contribution in [1.82, 2.24) is 4.98 Å². The molecule has 0 bridgehead atoms. The molecule has 1 atom stereocenters. The van der Waals surface area contributed by atoms with Gasteiger partial charge in [-0.15, -0.1) is 0 Å². The van der Waals surface area contributed by atoms with Gasteiger partial charge in [0.1, 0.15) is 11.7 Å². The summed E-state index contributed by atoms with van der Waals surface area (Å²) in [7, 11) is 1.32. The zero-order chi connectivity index (χ0) is 15.2. The number of nitrogens with zero attached hydrogens (tertiary/aromatic N) is 2. The van der Waals surface area contributed by atoms with E-state index in [0.29, 0.717) is 6.61 Å². The van der Waals surface area contributed by atoms with Gasteiger partial charge in [0.25, 0.3) is 0 Å². The predicted molar refractivity (Wildman–Crippen MR) is 77.2 cm³/mol. The number of hydrogen-bond acceptors (Lipinski definition) is 6. The summed E-state index contributed by atoms with van der Waals surface area (Å²) >= 11 is 0. The Morgan fingerprint density at radius 3 is 2.95 bits per heavy atom. The summed E-state index contributed by atoms with van der Waals surface area (Å²) in [5, 5.41) is 0. The number of carbonyl (C=O) groups is 2. The SMILES string of the molecule is CCOC(=O)C1CCCCN1c1ccnc(C(=O)OC)c1. The van der Waals surface area contributed by atoms with Crippen LogP contribution in [0.2, 0.25) is 0 Å². The van der Waals surface area contributed by atoms with E-state index in [1.807, 2.05) is 4.90 Å². The Balaban J connectivity index is 2.24. The van der Waals surface area contributed by atoms with E-state index in [2.05, 4.69) is 9.72 Å². The van der Waals surface area contributed by atoms with E-state index in [-0.39, 0.29) is 17.7 Å². The van der Waals surface area contributed by atoms with Crippen LogP contribution in [0.3, 0.4) is 0 Å². The zero-order valence-corrected chi connectivity index (χ0v) is 12.4. The molecule has 0 N–H and O–H groups in total. The number of aromatic nitrogens is 1. The first kappa shape index (κ1) is 15.3. The van der Waals surface area contributed by atoms with E-state index >= 15 is 0 Å². The summed E-state index contributed by atoms with van der Waals surface area (Å²) in [6.45, 7) is 2.92. The van der Waals surface area contributed by atoms with Gasteiger partial charge in [-0.1, -0.05) is 0 Å². The molecule has 1 aliphatic rings. The van der Waals surface area contributed by atoms with Crippen molar-refractivity contribution in [2.75, 3.05) is 25.2 Å². The minimum absolute atomic E-state index is 0.214. The molecule has 0 amide bonds. The summed E-state index contributed by atoms with van der Waals surface area (Å²) in [6.07, 6.45) is 4.31. The highest BCUT2D eigenvalue weighted by atomic mass is 16.5.